The minimum atomic E-state index is -1.82. The van der Waals surface area contributed by atoms with Crippen LogP contribution in [-0.4, -0.2) is 52.6 Å². The summed E-state index contributed by atoms with van der Waals surface area (Å²) < 4.78 is 0. The fraction of sp³-hybridized carbons (Fsp3) is 0.471. The van der Waals surface area contributed by atoms with Crippen molar-refractivity contribution in [2.45, 2.75) is 32.6 Å². The Kier molecular flexibility index (Phi) is 8.49. The Morgan fingerprint density at radius 3 is 2.25 bits per heavy atom. The number of piperidine rings is 1. The van der Waals surface area contributed by atoms with E-state index in [9.17, 15) is 4.79 Å². The lowest BCUT2D eigenvalue weighted by Gasteiger charge is -2.25. The lowest BCUT2D eigenvalue weighted by molar-refractivity contribution is -0.159. The van der Waals surface area contributed by atoms with Crippen LogP contribution in [0, 0.1) is 6.92 Å². The second kappa shape index (κ2) is 10.4. The van der Waals surface area contributed by atoms with E-state index in [0.717, 1.165) is 25.3 Å². The topological polar surface area (TPSA) is 107 Å². The van der Waals surface area contributed by atoms with Crippen molar-refractivity contribution in [1.29, 1.82) is 0 Å². The molecule has 1 fully saturated rings. The summed E-state index contributed by atoms with van der Waals surface area (Å²) in [5, 5.41) is 17.7. The number of likely N-dealkylation sites (tertiary alicyclic amines) is 1. The van der Waals surface area contributed by atoms with Crippen molar-refractivity contribution >= 4 is 23.5 Å². The molecule has 1 heterocycles. The van der Waals surface area contributed by atoms with Crippen LogP contribution in [0.4, 0.5) is 5.69 Å². The molecule has 1 aliphatic rings. The minimum Gasteiger partial charge on any atom is -0.473 e. The molecule has 0 spiro atoms. The number of carbonyl (C=O) groups is 3. The number of nitrogens with zero attached hydrogens (tertiary/aromatic N) is 1. The molecule has 3 N–H and O–H groups in total. The number of carboxylic acid groups (broad SMARTS) is 2. The maximum Gasteiger partial charge on any atom is 0.414 e. The summed E-state index contributed by atoms with van der Waals surface area (Å²) in [6, 6.07) is 7.93. The first-order valence-electron chi connectivity index (χ1n) is 7.93. The van der Waals surface area contributed by atoms with Crippen LogP contribution in [0.2, 0.25) is 0 Å². The summed E-state index contributed by atoms with van der Waals surface area (Å²) >= 11 is 0. The number of hydrogen-bond donors (Lipinski definition) is 3. The van der Waals surface area contributed by atoms with Crippen molar-refractivity contribution in [2.24, 2.45) is 0 Å². The number of benzene rings is 1. The van der Waals surface area contributed by atoms with E-state index in [2.05, 4.69) is 10.2 Å². The number of rotatable bonds is 4. The van der Waals surface area contributed by atoms with E-state index in [1.54, 1.807) is 0 Å². The Balaban J connectivity index is 0.000000413. The molecule has 0 aromatic heterocycles. The van der Waals surface area contributed by atoms with Crippen LogP contribution < -0.4 is 5.32 Å². The van der Waals surface area contributed by atoms with Gasteiger partial charge in [0.2, 0.25) is 5.91 Å². The van der Waals surface area contributed by atoms with Gasteiger partial charge in [-0.05, 0) is 50.6 Å². The molecule has 0 unspecified atom stereocenters. The van der Waals surface area contributed by atoms with Gasteiger partial charge < -0.3 is 20.4 Å². The average Bonchev–Trinajstić information content (AvgIpc) is 2.54. The maximum atomic E-state index is 11.8. The monoisotopic (exact) mass is 336 g/mol. The number of nitrogens with one attached hydrogen (secondary N) is 1. The predicted octanol–water partition coefficient (Wildman–Crippen LogP) is 1.97. The average molecular weight is 336 g/mol. The number of anilines is 1. The summed E-state index contributed by atoms with van der Waals surface area (Å²) in [4.78, 5) is 32.4. The molecule has 1 aromatic rings. The van der Waals surface area contributed by atoms with Gasteiger partial charge in [-0.1, -0.05) is 18.6 Å². The molecule has 1 amide bonds. The number of aryl methyl sites for hydroxylation is 1. The highest BCUT2D eigenvalue weighted by Crippen LogP contribution is 2.11. The zero-order chi connectivity index (χ0) is 17.9. The predicted molar refractivity (Wildman–Crippen MR) is 90.0 cm³/mol. The van der Waals surface area contributed by atoms with Gasteiger partial charge in [-0.15, -0.1) is 0 Å². The van der Waals surface area contributed by atoms with Crippen molar-refractivity contribution < 1.29 is 24.6 Å². The Bertz CT molecular complexity index is 556. The number of carboxylic acids is 2. The van der Waals surface area contributed by atoms with Gasteiger partial charge in [0.1, 0.15) is 0 Å². The lowest BCUT2D eigenvalue weighted by atomic mass is 10.1. The van der Waals surface area contributed by atoms with E-state index < -0.39 is 11.9 Å². The van der Waals surface area contributed by atoms with Crippen LogP contribution >= 0.6 is 0 Å². The van der Waals surface area contributed by atoms with Gasteiger partial charge >= 0.3 is 11.9 Å². The van der Waals surface area contributed by atoms with Crippen molar-refractivity contribution in [1.82, 2.24) is 4.90 Å². The highest BCUT2D eigenvalue weighted by molar-refractivity contribution is 6.27. The van der Waals surface area contributed by atoms with Gasteiger partial charge in [0, 0.05) is 18.7 Å². The molecule has 24 heavy (non-hydrogen) atoms. The second-order valence-electron chi connectivity index (χ2n) is 5.68. The van der Waals surface area contributed by atoms with Crippen LogP contribution in [0.5, 0.6) is 0 Å². The lowest BCUT2D eigenvalue weighted by Crippen LogP contribution is -2.32. The molecule has 1 aromatic carbocycles. The van der Waals surface area contributed by atoms with Crippen LogP contribution in [0.15, 0.2) is 24.3 Å². The smallest absolute Gasteiger partial charge is 0.414 e. The molecule has 1 saturated heterocycles. The molecular weight excluding hydrogens is 312 g/mol. The zero-order valence-corrected chi connectivity index (χ0v) is 13.8. The molecule has 132 valence electrons. The Hall–Kier alpha value is -2.41. The van der Waals surface area contributed by atoms with Crippen LogP contribution in [0.1, 0.15) is 31.2 Å². The normalized spacial score (nSPS) is 14.2. The van der Waals surface area contributed by atoms with Gasteiger partial charge in [0.25, 0.3) is 0 Å². The van der Waals surface area contributed by atoms with E-state index in [1.165, 1.54) is 24.8 Å². The molecule has 2 rings (SSSR count). The van der Waals surface area contributed by atoms with Crippen LogP contribution in [-0.2, 0) is 14.4 Å². The molecule has 0 bridgehead atoms. The molecule has 0 saturated carbocycles. The fourth-order valence-corrected chi connectivity index (χ4v) is 2.39. The van der Waals surface area contributed by atoms with Crippen molar-refractivity contribution in [3.05, 3.63) is 29.8 Å². The van der Waals surface area contributed by atoms with Gasteiger partial charge in [0.05, 0.1) is 0 Å². The van der Waals surface area contributed by atoms with E-state index in [1.807, 2.05) is 31.2 Å². The summed E-state index contributed by atoms with van der Waals surface area (Å²) in [6.07, 6.45) is 4.49. The number of aliphatic carboxylic acids is 2. The summed E-state index contributed by atoms with van der Waals surface area (Å²) in [5.74, 6) is -3.53. The number of amides is 1. The third kappa shape index (κ3) is 8.28. The maximum absolute atomic E-state index is 11.8. The number of carbonyl (C=O) groups excluding carboxylic acids is 1. The third-order valence-corrected chi connectivity index (χ3v) is 3.59. The third-order valence-electron chi connectivity index (χ3n) is 3.59. The van der Waals surface area contributed by atoms with Crippen LogP contribution in [0.3, 0.4) is 0 Å². The van der Waals surface area contributed by atoms with Crippen molar-refractivity contribution in [2.75, 3.05) is 25.0 Å². The quantitative estimate of drug-likeness (QED) is 0.726. The van der Waals surface area contributed by atoms with Gasteiger partial charge in [-0.3, -0.25) is 4.79 Å². The van der Waals surface area contributed by atoms with Crippen LogP contribution in [0.25, 0.3) is 0 Å². The Morgan fingerprint density at radius 2 is 1.71 bits per heavy atom. The number of hydrogen-bond acceptors (Lipinski definition) is 4. The van der Waals surface area contributed by atoms with Crippen molar-refractivity contribution in [3.8, 4) is 0 Å². The summed E-state index contributed by atoms with van der Waals surface area (Å²) in [7, 11) is 0. The first-order chi connectivity index (χ1) is 11.4. The van der Waals surface area contributed by atoms with Gasteiger partial charge in [-0.25, -0.2) is 9.59 Å². The Morgan fingerprint density at radius 1 is 1.08 bits per heavy atom. The van der Waals surface area contributed by atoms with E-state index in [4.69, 9.17) is 19.8 Å². The standard InChI is InChI=1S/C15H22N2O.C2H2O4/c1-13-6-5-7-14(12-13)16-15(18)8-11-17-9-3-2-4-10-17;3-1(4)2(5)6/h5-7,12H,2-4,8-11H2,1H3,(H,16,18);(H,3,4)(H,5,6). The van der Waals surface area contributed by atoms with E-state index >= 15 is 0 Å². The summed E-state index contributed by atoms with van der Waals surface area (Å²) in [5.41, 5.74) is 2.07. The SMILES string of the molecule is Cc1cccc(NC(=O)CCN2CCCCC2)c1.O=C(O)C(=O)O. The molecule has 0 radical (unpaired) electrons. The first kappa shape index (κ1) is 19.6. The second-order valence-corrected chi connectivity index (χ2v) is 5.68. The van der Waals surface area contributed by atoms with E-state index in [0.29, 0.717) is 6.42 Å². The molecule has 1 aliphatic heterocycles. The minimum absolute atomic E-state index is 0.117. The molecule has 0 atom stereocenters. The molecule has 7 nitrogen and oxygen atoms in total. The highest BCUT2D eigenvalue weighted by Gasteiger charge is 2.11. The molecular formula is C17H24N2O5. The van der Waals surface area contributed by atoms with Crippen molar-refractivity contribution in [3.63, 3.8) is 0 Å². The largest absolute Gasteiger partial charge is 0.473 e. The molecule has 7 heteroatoms. The van der Waals surface area contributed by atoms with Gasteiger partial charge in [0.15, 0.2) is 0 Å². The van der Waals surface area contributed by atoms with E-state index in [-0.39, 0.29) is 5.91 Å². The highest BCUT2D eigenvalue weighted by atomic mass is 16.4. The van der Waals surface area contributed by atoms with Gasteiger partial charge in [-0.2, -0.15) is 0 Å². The fourth-order valence-electron chi connectivity index (χ4n) is 2.39. The molecule has 0 aliphatic carbocycles. The zero-order valence-electron chi connectivity index (χ0n) is 13.8. The first-order valence-corrected chi connectivity index (χ1v) is 7.93. The Labute approximate surface area is 141 Å². The summed E-state index contributed by atoms with van der Waals surface area (Å²) in [6.45, 7) is 5.22.